The lowest BCUT2D eigenvalue weighted by atomic mass is 9.99. The Morgan fingerprint density at radius 1 is 1.55 bits per heavy atom. The summed E-state index contributed by atoms with van der Waals surface area (Å²) in [6.45, 7) is 1.58. The minimum atomic E-state index is -2.93. The Hall–Kier alpha value is -2.23. The normalized spacial score (nSPS) is 33.6. The lowest BCUT2D eigenvalue weighted by molar-refractivity contribution is -0.141. The first kappa shape index (κ1) is 13.4. The third-order valence-electron chi connectivity index (χ3n) is 4.94. The largest absolute Gasteiger partial charge is 0.487 e. The molecule has 4 rings (SSSR count). The average molecular weight is 305 g/mol. The molecule has 114 valence electrons. The van der Waals surface area contributed by atoms with E-state index in [2.05, 4.69) is 4.98 Å². The number of halogens is 2. The van der Waals surface area contributed by atoms with Crippen molar-refractivity contribution in [3.63, 3.8) is 0 Å². The van der Waals surface area contributed by atoms with Gasteiger partial charge in [0, 0.05) is 30.8 Å². The quantitative estimate of drug-likeness (QED) is 0.796. The van der Waals surface area contributed by atoms with Crippen LogP contribution in [0.4, 0.5) is 8.78 Å². The predicted octanol–water partition coefficient (Wildman–Crippen LogP) is 2.03. The Labute approximate surface area is 125 Å². The van der Waals surface area contributed by atoms with E-state index < -0.39 is 23.7 Å². The molecular formula is C15H13F2N3O2. The van der Waals surface area contributed by atoms with Gasteiger partial charge in [-0.05, 0) is 6.92 Å². The zero-order valence-corrected chi connectivity index (χ0v) is 11.8. The second-order valence-electron chi connectivity index (χ2n) is 6.38. The van der Waals surface area contributed by atoms with Gasteiger partial charge >= 0.3 is 0 Å². The van der Waals surface area contributed by atoms with Crippen LogP contribution in [0.2, 0.25) is 0 Å². The summed E-state index contributed by atoms with van der Waals surface area (Å²) in [5, 5.41) is 9.12. The van der Waals surface area contributed by atoms with Crippen LogP contribution < -0.4 is 4.74 Å². The Morgan fingerprint density at radius 2 is 2.27 bits per heavy atom. The molecule has 1 saturated carbocycles. The van der Waals surface area contributed by atoms with Gasteiger partial charge in [-0.1, -0.05) is 0 Å². The van der Waals surface area contributed by atoms with E-state index in [-0.39, 0.29) is 18.7 Å². The molecule has 1 aromatic rings. The molecule has 22 heavy (non-hydrogen) atoms. The highest BCUT2D eigenvalue weighted by atomic mass is 19.3. The fourth-order valence-corrected chi connectivity index (χ4v) is 3.43. The minimum Gasteiger partial charge on any atom is -0.487 e. The zero-order valence-electron chi connectivity index (χ0n) is 11.8. The molecule has 0 aromatic carbocycles. The van der Waals surface area contributed by atoms with Gasteiger partial charge in [-0.15, -0.1) is 0 Å². The molecule has 0 spiro atoms. The van der Waals surface area contributed by atoms with Crippen molar-refractivity contribution >= 4 is 5.91 Å². The Balaban J connectivity index is 1.71. The topological polar surface area (TPSA) is 66.2 Å². The number of carbonyl (C=O) groups is 1. The molecule has 2 fully saturated rings. The van der Waals surface area contributed by atoms with Gasteiger partial charge in [-0.3, -0.25) is 9.78 Å². The third-order valence-corrected chi connectivity index (χ3v) is 4.94. The number of alkyl halides is 2. The summed E-state index contributed by atoms with van der Waals surface area (Å²) >= 11 is 0. The maximum absolute atomic E-state index is 13.5. The fourth-order valence-electron chi connectivity index (χ4n) is 3.43. The van der Waals surface area contributed by atoms with Crippen molar-refractivity contribution in [2.24, 2.45) is 5.41 Å². The summed E-state index contributed by atoms with van der Waals surface area (Å²) < 4.78 is 32.8. The Morgan fingerprint density at radius 3 is 2.91 bits per heavy atom. The second kappa shape index (κ2) is 3.94. The molecule has 0 radical (unpaired) electrons. The van der Waals surface area contributed by atoms with E-state index in [0.717, 1.165) is 0 Å². The Kier molecular flexibility index (Phi) is 2.41. The van der Waals surface area contributed by atoms with Crippen molar-refractivity contribution in [2.75, 3.05) is 6.54 Å². The van der Waals surface area contributed by atoms with Gasteiger partial charge in [0.1, 0.15) is 28.9 Å². The molecule has 3 aliphatic rings. The number of aromatic nitrogens is 1. The van der Waals surface area contributed by atoms with Crippen molar-refractivity contribution in [2.45, 2.75) is 37.8 Å². The van der Waals surface area contributed by atoms with E-state index in [1.165, 1.54) is 18.0 Å². The van der Waals surface area contributed by atoms with Crippen molar-refractivity contribution in [3.8, 4) is 11.8 Å². The van der Waals surface area contributed by atoms with E-state index in [9.17, 15) is 13.6 Å². The summed E-state index contributed by atoms with van der Waals surface area (Å²) in [7, 11) is 0. The monoisotopic (exact) mass is 305 g/mol. The third kappa shape index (κ3) is 1.55. The number of fused-ring (bicyclic) bond motifs is 4. The zero-order chi connectivity index (χ0) is 15.7. The molecule has 1 aromatic heterocycles. The lowest BCUT2D eigenvalue weighted by Crippen LogP contribution is -2.38. The number of nitrogens with zero attached hydrogens (tertiary/aromatic N) is 3. The molecule has 7 heteroatoms. The molecule has 2 bridgehead atoms. The van der Waals surface area contributed by atoms with E-state index in [0.29, 0.717) is 23.3 Å². The summed E-state index contributed by atoms with van der Waals surface area (Å²) in [6, 6.07) is 1.68. The molecule has 3 atom stereocenters. The molecule has 1 aliphatic carbocycles. The number of nitriles is 1. The molecule has 3 heterocycles. The Bertz CT molecular complexity index is 730. The first-order valence-electron chi connectivity index (χ1n) is 7.11. The lowest BCUT2D eigenvalue weighted by Gasteiger charge is -2.28. The second-order valence-corrected chi connectivity index (χ2v) is 6.38. The van der Waals surface area contributed by atoms with Gasteiger partial charge in [0.25, 0.3) is 5.92 Å². The van der Waals surface area contributed by atoms with Crippen LogP contribution in [0.5, 0.6) is 5.75 Å². The minimum absolute atomic E-state index is 0.257. The number of hydrogen-bond acceptors (Lipinski definition) is 4. The maximum Gasteiger partial charge on any atom is 0.263 e. The fraction of sp³-hybridized carbons (Fsp3) is 0.533. The maximum atomic E-state index is 13.5. The summed E-state index contributed by atoms with van der Waals surface area (Å²) in [6.07, 6.45) is 2.85. The van der Waals surface area contributed by atoms with E-state index in [4.69, 9.17) is 10.00 Å². The molecule has 1 amide bonds. The smallest absolute Gasteiger partial charge is 0.263 e. The van der Waals surface area contributed by atoms with Crippen LogP contribution in [0.15, 0.2) is 12.4 Å². The van der Waals surface area contributed by atoms with Crippen LogP contribution >= 0.6 is 0 Å². The van der Waals surface area contributed by atoms with Crippen LogP contribution in [-0.2, 0) is 4.79 Å². The molecule has 1 saturated heterocycles. The number of likely N-dealkylation sites (tertiary alicyclic amines) is 1. The predicted molar refractivity (Wildman–Crippen MR) is 70.1 cm³/mol. The van der Waals surface area contributed by atoms with E-state index in [1.54, 1.807) is 6.20 Å². The van der Waals surface area contributed by atoms with Crippen molar-refractivity contribution in [1.29, 1.82) is 5.26 Å². The van der Waals surface area contributed by atoms with Crippen LogP contribution in [-0.4, -0.2) is 34.4 Å². The van der Waals surface area contributed by atoms with Gasteiger partial charge in [0.05, 0.1) is 12.6 Å². The number of ether oxygens (including phenoxy) is 1. The first-order valence-corrected chi connectivity index (χ1v) is 7.11. The average Bonchev–Trinajstić information content (AvgIpc) is 2.85. The summed E-state index contributed by atoms with van der Waals surface area (Å²) in [4.78, 5) is 18.0. The van der Waals surface area contributed by atoms with Gasteiger partial charge < -0.3 is 9.64 Å². The van der Waals surface area contributed by atoms with Crippen LogP contribution in [0.3, 0.4) is 0 Å². The van der Waals surface area contributed by atoms with Crippen molar-refractivity contribution in [3.05, 3.63) is 23.5 Å². The summed E-state index contributed by atoms with van der Waals surface area (Å²) in [5.41, 5.74) is -0.663. The summed E-state index contributed by atoms with van der Waals surface area (Å²) in [5.74, 6) is -3.04. The number of carbonyl (C=O) groups excluding carboxylic acids is 1. The van der Waals surface area contributed by atoms with Gasteiger partial charge in [-0.2, -0.15) is 5.26 Å². The molecular weight excluding hydrogens is 292 g/mol. The van der Waals surface area contributed by atoms with Crippen LogP contribution in [0.1, 0.15) is 36.9 Å². The highest BCUT2D eigenvalue weighted by Crippen LogP contribution is 2.62. The number of rotatable bonds is 1. The van der Waals surface area contributed by atoms with Crippen molar-refractivity contribution in [1.82, 2.24) is 9.88 Å². The van der Waals surface area contributed by atoms with Gasteiger partial charge in [0.2, 0.25) is 5.91 Å². The molecule has 0 unspecified atom stereocenters. The molecule has 0 N–H and O–H groups in total. The number of pyridine rings is 1. The molecule has 5 nitrogen and oxygen atoms in total. The molecule has 2 aliphatic heterocycles. The highest BCUT2D eigenvalue weighted by Gasteiger charge is 2.74. The van der Waals surface area contributed by atoms with Gasteiger partial charge in [0.15, 0.2) is 0 Å². The van der Waals surface area contributed by atoms with Crippen molar-refractivity contribution < 1.29 is 18.3 Å². The first-order chi connectivity index (χ1) is 10.4. The SMILES string of the molecule is C[C@@]1(C(=O)N2C[C@@H]3C[C@H]2c2cncc(C#N)c2O3)CC1(F)F. The number of hydrogen-bond donors (Lipinski definition) is 0. The standard InChI is InChI=1S/C15H13F2N3O2/c1-14(7-15(14,16)17)13(21)20-6-9-2-11(20)10-5-19-4-8(3-18)12(10)22-9/h4-5,9,11H,2,6-7H2,1H3/t9-,11-,14-/m0/s1. The highest BCUT2D eigenvalue weighted by molar-refractivity contribution is 5.88. The van der Waals surface area contributed by atoms with Crippen LogP contribution in [0, 0.1) is 16.7 Å². The number of amides is 1. The van der Waals surface area contributed by atoms with E-state index >= 15 is 0 Å². The van der Waals surface area contributed by atoms with E-state index in [1.807, 2.05) is 6.07 Å². The van der Waals surface area contributed by atoms with Gasteiger partial charge in [-0.25, -0.2) is 8.78 Å². The van der Waals surface area contributed by atoms with Crippen LogP contribution in [0.25, 0.3) is 0 Å².